The topological polar surface area (TPSA) is 98.1 Å². The Labute approximate surface area is 158 Å². The van der Waals surface area contributed by atoms with Crippen LogP contribution in [0.2, 0.25) is 0 Å². The lowest BCUT2D eigenvalue weighted by atomic mass is 9.87. The first-order valence-electron chi connectivity index (χ1n) is 9.33. The number of likely N-dealkylation sites (tertiary alicyclic amines) is 1. The monoisotopic (exact) mass is 381 g/mol. The summed E-state index contributed by atoms with van der Waals surface area (Å²) >= 11 is 0. The van der Waals surface area contributed by atoms with Gasteiger partial charge in [-0.1, -0.05) is 12.1 Å². The van der Waals surface area contributed by atoms with Crippen LogP contribution in [0.25, 0.3) is 0 Å². The lowest BCUT2D eigenvalue weighted by Crippen LogP contribution is -2.40. The summed E-state index contributed by atoms with van der Waals surface area (Å²) in [6, 6.07) is 6.02. The van der Waals surface area contributed by atoms with Crippen molar-refractivity contribution in [2.24, 2.45) is 0 Å². The number of aliphatic carboxylic acids is 1. The number of hydrogen-bond donors (Lipinski definition) is 3. The number of halogens is 1. The molecule has 1 saturated heterocycles. The first kappa shape index (κ1) is 21.3. The maximum Gasteiger partial charge on any atom is 0.305 e. The highest BCUT2D eigenvalue weighted by molar-refractivity contribution is 5.80. The number of carboxylic acids is 1. The van der Waals surface area contributed by atoms with E-state index in [1.54, 1.807) is 12.1 Å². The largest absolute Gasteiger partial charge is 0.481 e. The average Bonchev–Trinajstić information content (AvgIpc) is 2.89. The van der Waals surface area contributed by atoms with E-state index in [0.717, 1.165) is 5.56 Å². The zero-order valence-corrected chi connectivity index (χ0v) is 15.7. The second-order valence-electron chi connectivity index (χ2n) is 7.54. The molecule has 1 aliphatic rings. The van der Waals surface area contributed by atoms with E-state index in [-0.39, 0.29) is 36.1 Å². The third-order valence-corrected chi connectivity index (χ3v) is 5.11. The maximum absolute atomic E-state index is 13.2. The number of nitrogens with zero attached hydrogens (tertiary/aromatic N) is 1. The number of hydrogen-bond acceptors (Lipinski definition) is 4. The number of rotatable bonds is 9. The van der Waals surface area contributed by atoms with Gasteiger partial charge in [0.1, 0.15) is 5.82 Å². The maximum atomic E-state index is 13.2. The summed E-state index contributed by atoms with van der Waals surface area (Å²) in [6.45, 7) is 3.87. The number of carbonyl (C=O) groups is 2. The van der Waals surface area contributed by atoms with Crippen LogP contribution in [-0.4, -0.2) is 56.4 Å². The second kappa shape index (κ2) is 9.28. The van der Waals surface area contributed by atoms with Gasteiger partial charge in [-0.15, -0.1) is 0 Å². The molecule has 1 fully saturated rings. The van der Waals surface area contributed by atoms with Crippen molar-refractivity contribution in [1.29, 1.82) is 0 Å². The molecule has 6 nitrogen and oxygen atoms in total. The molecule has 0 saturated carbocycles. The standard InChI is InChI=1S/C20H28FNO5/c1-12(2)22-18(8-7-15(23)9-16(24)10-20(26)27)17(11-19(22)25)13-3-5-14(21)6-4-13/h3-6,12,15-18,23-24H,7-11H2,1-2H3,(H,26,27)/t15-,16-,17?,18?/m1/s1. The molecular formula is C20H28FNO5. The molecule has 1 aliphatic heterocycles. The summed E-state index contributed by atoms with van der Waals surface area (Å²) in [6.07, 6.45) is -1.17. The fourth-order valence-corrected chi connectivity index (χ4v) is 3.95. The lowest BCUT2D eigenvalue weighted by Gasteiger charge is -2.32. The Balaban J connectivity index is 2.07. The van der Waals surface area contributed by atoms with Crippen LogP contribution < -0.4 is 0 Å². The highest BCUT2D eigenvalue weighted by Gasteiger charge is 2.41. The molecule has 0 radical (unpaired) electrons. The normalized spacial score (nSPS) is 22.3. The van der Waals surface area contributed by atoms with Crippen LogP contribution in [0.5, 0.6) is 0 Å². The molecular weight excluding hydrogens is 353 g/mol. The second-order valence-corrected chi connectivity index (χ2v) is 7.54. The molecule has 150 valence electrons. The van der Waals surface area contributed by atoms with Crippen molar-refractivity contribution in [3.63, 3.8) is 0 Å². The third-order valence-electron chi connectivity index (χ3n) is 5.11. The SMILES string of the molecule is CC(C)N1C(=O)CC(c2ccc(F)cc2)C1CC[C@@H](O)C[C@@H](O)CC(=O)O. The van der Waals surface area contributed by atoms with Gasteiger partial charge in [0.2, 0.25) is 5.91 Å². The van der Waals surface area contributed by atoms with Gasteiger partial charge >= 0.3 is 5.97 Å². The predicted octanol–water partition coefficient (Wildman–Crippen LogP) is 2.29. The van der Waals surface area contributed by atoms with Gasteiger partial charge in [0, 0.05) is 24.4 Å². The lowest BCUT2D eigenvalue weighted by molar-refractivity contribution is -0.139. The Morgan fingerprint density at radius 3 is 2.41 bits per heavy atom. The van der Waals surface area contributed by atoms with Crippen LogP contribution in [0.3, 0.4) is 0 Å². The summed E-state index contributed by atoms with van der Waals surface area (Å²) in [5.74, 6) is -1.50. The van der Waals surface area contributed by atoms with Crippen LogP contribution in [-0.2, 0) is 9.59 Å². The minimum Gasteiger partial charge on any atom is -0.481 e. The number of benzene rings is 1. The Morgan fingerprint density at radius 2 is 1.85 bits per heavy atom. The number of carbonyl (C=O) groups excluding carboxylic acids is 1. The fraction of sp³-hybridized carbons (Fsp3) is 0.600. The first-order chi connectivity index (χ1) is 12.7. The molecule has 4 atom stereocenters. The van der Waals surface area contributed by atoms with Gasteiger partial charge in [-0.3, -0.25) is 9.59 Å². The van der Waals surface area contributed by atoms with E-state index in [1.165, 1.54) is 12.1 Å². The molecule has 0 aliphatic carbocycles. The molecule has 7 heteroatoms. The van der Waals surface area contributed by atoms with E-state index in [2.05, 4.69) is 0 Å². The number of carboxylic acid groups (broad SMARTS) is 1. The molecule has 27 heavy (non-hydrogen) atoms. The molecule has 1 heterocycles. The van der Waals surface area contributed by atoms with Gasteiger partial charge in [0.15, 0.2) is 0 Å². The molecule has 0 spiro atoms. The van der Waals surface area contributed by atoms with Gasteiger partial charge in [0.25, 0.3) is 0 Å². The van der Waals surface area contributed by atoms with E-state index in [9.17, 15) is 24.2 Å². The molecule has 3 N–H and O–H groups in total. The highest BCUT2D eigenvalue weighted by Crippen LogP contribution is 2.38. The highest BCUT2D eigenvalue weighted by atomic mass is 19.1. The third kappa shape index (κ3) is 5.74. The van der Waals surface area contributed by atoms with Crippen molar-refractivity contribution in [3.8, 4) is 0 Å². The Kier molecular flexibility index (Phi) is 7.33. The van der Waals surface area contributed by atoms with E-state index < -0.39 is 24.6 Å². The van der Waals surface area contributed by atoms with Gasteiger partial charge in [0.05, 0.1) is 18.6 Å². The van der Waals surface area contributed by atoms with Crippen LogP contribution in [0, 0.1) is 5.82 Å². The first-order valence-corrected chi connectivity index (χ1v) is 9.33. The summed E-state index contributed by atoms with van der Waals surface area (Å²) in [5.41, 5.74) is 0.887. The number of aliphatic hydroxyl groups excluding tert-OH is 2. The van der Waals surface area contributed by atoms with E-state index >= 15 is 0 Å². The van der Waals surface area contributed by atoms with Crippen LogP contribution >= 0.6 is 0 Å². The molecule has 1 aromatic carbocycles. The van der Waals surface area contributed by atoms with Crippen molar-refractivity contribution in [1.82, 2.24) is 4.90 Å². The fourth-order valence-electron chi connectivity index (χ4n) is 3.95. The molecule has 1 amide bonds. The minimum absolute atomic E-state index is 0.00249. The molecule has 0 bridgehead atoms. The van der Waals surface area contributed by atoms with Crippen molar-refractivity contribution >= 4 is 11.9 Å². The van der Waals surface area contributed by atoms with Crippen molar-refractivity contribution in [2.75, 3.05) is 0 Å². The summed E-state index contributed by atoms with van der Waals surface area (Å²) < 4.78 is 13.2. The zero-order valence-electron chi connectivity index (χ0n) is 15.7. The Bertz CT molecular complexity index is 648. The van der Waals surface area contributed by atoms with Crippen LogP contribution in [0.1, 0.15) is 57.4 Å². The van der Waals surface area contributed by atoms with Crippen molar-refractivity contribution < 1.29 is 29.3 Å². The summed E-state index contributed by atoms with van der Waals surface area (Å²) in [7, 11) is 0. The number of amides is 1. The van der Waals surface area contributed by atoms with E-state index in [1.807, 2.05) is 18.7 Å². The molecule has 0 aromatic heterocycles. The molecule has 1 aromatic rings. The van der Waals surface area contributed by atoms with Gasteiger partial charge in [-0.25, -0.2) is 4.39 Å². The van der Waals surface area contributed by atoms with E-state index in [4.69, 9.17) is 5.11 Å². The van der Waals surface area contributed by atoms with Crippen LogP contribution in [0.15, 0.2) is 24.3 Å². The predicted molar refractivity (Wildman–Crippen MR) is 97.6 cm³/mol. The molecule has 2 unspecified atom stereocenters. The van der Waals surface area contributed by atoms with Gasteiger partial charge in [-0.05, 0) is 50.8 Å². The molecule has 2 rings (SSSR count). The minimum atomic E-state index is -1.11. The van der Waals surface area contributed by atoms with Crippen LogP contribution in [0.4, 0.5) is 4.39 Å². The Hall–Kier alpha value is -1.99. The smallest absolute Gasteiger partial charge is 0.305 e. The Morgan fingerprint density at radius 1 is 1.22 bits per heavy atom. The quantitative estimate of drug-likeness (QED) is 0.610. The number of aliphatic hydroxyl groups is 2. The van der Waals surface area contributed by atoms with Gasteiger partial charge in [-0.2, -0.15) is 0 Å². The van der Waals surface area contributed by atoms with Crippen molar-refractivity contribution in [2.45, 2.75) is 76.2 Å². The zero-order chi connectivity index (χ0) is 20.1. The summed E-state index contributed by atoms with van der Waals surface area (Å²) in [4.78, 5) is 24.9. The van der Waals surface area contributed by atoms with Gasteiger partial charge < -0.3 is 20.2 Å². The summed E-state index contributed by atoms with van der Waals surface area (Å²) in [5, 5.41) is 28.5. The van der Waals surface area contributed by atoms with Crippen molar-refractivity contribution in [3.05, 3.63) is 35.6 Å². The average molecular weight is 381 g/mol. The van der Waals surface area contributed by atoms with E-state index in [0.29, 0.717) is 19.3 Å².